The van der Waals surface area contributed by atoms with Gasteiger partial charge in [-0.2, -0.15) is 5.10 Å². The first-order valence-electron chi connectivity index (χ1n) is 6.09. The molecule has 0 aliphatic rings. The maximum absolute atomic E-state index is 6.23. The molecule has 2 aromatic carbocycles. The first kappa shape index (κ1) is 13.2. The fourth-order valence-electron chi connectivity index (χ4n) is 1.98. The van der Waals surface area contributed by atoms with Gasteiger partial charge < -0.3 is 0 Å². The minimum atomic E-state index is 0.653. The van der Waals surface area contributed by atoms with E-state index >= 15 is 0 Å². The van der Waals surface area contributed by atoms with E-state index in [1.165, 1.54) is 4.90 Å². The van der Waals surface area contributed by atoms with Crippen LogP contribution >= 0.6 is 23.4 Å². The predicted octanol–water partition coefficient (Wildman–Crippen LogP) is 4.31. The lowest BCUT2D eigenvalue weighted by molar-refractivity contribution is 0.887. The Labute approximate surface area is 126 Å². The standard InChI is InChI=1S/C15H12ClN3S/c1-20-12-8-6-11(7-9-12)15-17-10-18-19(15)14-5-3-2-4-13(14)16/h2-10H,1H3. The summed E-state index contributed by atoms with van der Waals surface area (Å²) in [6, 6.07) is 15.8. The maximum Gasteiger partial charge on any atom is 0.163 e. The Morgan fingerprint density at radius 2 is 1.80 bits per heavy atom. The lowest BCUT2D eigenvalue weighted by Crippen LogP contribution is -2.00. The minimum Gasteiger partial charge on any atom is -0.215 e. The van der Waals surface area contributed by atoms with Crippen LogP contribution < -0.4 is 0 Å². The first-order valence-corrected chi connectivity index (χ1v) is 7.69. The van der Waals surface area contributed by atoms with Crippen LogP contribution in [-0.4, -0.2) is 21.0 Å². The normalized spacial score (nSPS) is 10.7. The van der Waals surface area contributed by atoms with Crippen molar-refractivity contribution in [1.29, 1.82) is 0 Å². The summed E-state index contributed by atoms with van der Waals surface area (Å²) in [7, 11) is 0. The quantitative estimate of drug-likeness (QED) is 0.675. The van der Waals surface area contributed by atoms with Crippen molar-refractivity contribution in [2.24, 2.45) is 0 Å². The second-order valence-corrected chi connectivity index (χ2v) is 5.46. The Bertz CT molecular complexity index is 722. The summed E-state index contributed by atoms with van der Waals surface area (Å²) in [5.41, 5.74) is 1.84. The summed E-state index contributed by atoms with van der Waals surface area (Å²) in [6.45, 7) is 0. The molecule has 3 aromatic rings. The third kappa shape index (κ3) is 2.44. The van der Waals surface area contributed by atoms with Crippen LogP contribution in [0.4, 0.5) is 0 Å². The number of aromatic nitrogens is 3. The summed E-state index contributed by atoms with van der Waals surface area (Å²) in [5, 5.41) is 4.93. The smallest absolute Gasteiger partial charge is 0.163 e. The SMILES string of the molecule is CSc1ccc(-c2ncnn2-c2ccccc2Cl)cc1. The minimum absolute atomic E-state index is 0.653. The van der Waals surface area contributed by atoms with Crippen molar-refractivity contribution in [2.45, 2.75) is 4.90 Å². The van der Waals surface area contributed by atoms with E-state index in [0.717, 1.165) is 17.1 Å². The molecule has 0 atom stereocenters. The molecule has 100 valence electrons. The predicted molar refractivity (Wildman–Crippen MR) is 83.6 cm³/mol. The van der Waals surface area contributed by atoms with Gasteiger partial charge in [0.25, 0.3) is 0 Å². The third-order valence-electron chi connectivity index (χ3n) is 2.98. The van der Waals surface area contributed by atoms with Gasteiger partial charge in [-0.3, -0.25) is 0 Å². The van der Waals surface area contributed by atoms with Gasteiger partial charge in [0.05, 0.1) is 10.7 Å². The molecule has 0 saturated carbocycles. The van der Waals surface area contributed by atoms with Crippen LogP contribution in [0.15, 0.2) is 59.8 Å². The highest BCUT2D eigenvalue weighted by molar-refractivity contribution is 7.98. The van der Waals surface area contributed by atoms with Gasteiger partial charge in [-0.15, -0.1) is 11.8 Å². The largest absolute Gasteiger partial charge is 0.215 e. The van der Waals surface area contributed by atoms with E-state index in [9.17, 15) is 0 Å². The molecule has 0 unspecified atom stereocenters. The van der Waals surface area contributed by atoms with Crippen LogP contribution in [0.25, 0.3) is 17.1 Å². The molecule has 0 aliphatic heterocycles. The average Bonchev–Trinajstić information content (AvgIpc) is 2.97. The maximum atomic E-state index is 6.23. The number of benzene rings is 2. The lowest BCUT2D eigenvalue weighted by Gasteiger charge is -2.08. The highest BCUT2D eigenvalue weighted by Gasteiger charge is 2.11. The number of hydrogen-bond acceptors (Lipinski definition) is 3. The Balaban J connectivity index is 2.08. The first-order chi connectivity index (χ1) is 9.79. The Kier molecular flexibility index (Phi) is 3.76. The van der Waals surface area contributed by atoms with E-state index < -0.39 is 0 Å². The fraction of sp³-hybridized carbons (Fsp3) is 0.0667. The van der Waals surface area contributed by atoms with Gasteiger partial charge in [-0.25, -0.2) is 9.67 Å². The second-order valence-electron chi connectivity index (χ2n) is 4.18. The molecule has 1 aromatic heterocycles. The van der Waals surface area contributed by atoms with Crippen molar-refractivity contribution in [3.63, 3.8) is 0 Å². The summed E-state index contributed by atoms with van der Waals surface area (Å²) >= 11 is 7.94. The van der Waals surface area contributed by atoms with E-state index in [0.29, 0.717) is 5.02 Å². The molecule has 3 rings (SSSR count). The molecule has 0 fully saturated rings. The van der Waals surface area contributed by atoms with Gasteiger partial charge in [0, 0.05) is 10.5 Å². The highest BCUT2D eigenvalue weighted by atomic mass is 35.5. The van der Waals surface area contributed by atoms with Crippen LogP contribution in [0, 0.1) is 0 Å². The zero-order valence-corrected chi connectivity index (χ0v) is 12.4. The van der Waals surface area contributed by atoms with Crippen molar-refractivity contribution in [2.75, 3.05) is 6.26 Å². The molecule has 5 heteroatoms. The van der Waals surface area contributed by atoms with E-state index in [1.54, 1.807) is 22.8 Å². The Morgan fingerprint density at radius 1 is 1.05 bits per heavy atom. The van der Waals surface area contributed by atoms with Crippen molar-refractivity contribution < 1.29 is 0 Å². The van der Waals surface area contributed by atoms with Crippen molar-refractivity contribution in [3.05, 3.63) is 59.9 Å². The van der Waals surface area contributed by atoms with E-state index in [1.807, 2.05) is 36.4 Å². The molecular weight excluding hydrogens is 290 g/mol. The third-order valence-corrected chi connectivity index (χ3v) is 4.04. The van der Waals surface area contributed by atoms with E-state index in [4.69, 9.17) is 11.6 Å². The van der Waals surface area contributed by atoms with Crippen LogP contribution in [0.2, 0.25) is 5.02 Å². The zero-order chi connectivity index (χ0) is 13.9. The number of halogens is 1. The summed E-state index contributed by atoms with van der Waals surface area (Å²) in [5.74, 6) is 0.783. The van der Waals surface area contributed by atoms with Gasteiger partial charge in [0.2, 0.25) is 0 Å². The molecule has 0 N–H and O–H groups in total. The molecule has 0 amide bonds. The van der Waals surface area contributed by atoms with Crippen molar-refractivity contribution in [3.8, 4) is 17.1 Å². The molecule has 0 saturated heterocycles. The second kappa shape index (κ2) is 5.69. The van der Waals surface area contributed by atoms with Gasteiger partial charge in [-0.1, -0.05) is 35.9 Å². The van der Waals surface area contributed by atoms with Gasteiger partial charge in [-0.05, 0) is 30.5 Å². The van der Waals surface area contributed by atoms with Crippen molar-refractivity contribution in [1.82, 2.24) is 14.8 Å². The van der Waals surface area contributed by atoms with E-state index in [2.05, 4.69) is 28.5 Å². The monoisotopic (exact) mass is 301 g/mol. The Hall–Kier alpha value is -1.78. The van der Waals surface area contributed by atoms with Crippen LogP contribution in [0.1, 0.15) is 0 Å². The van der Waals surface area contributed by atoms with Gasteiger partial charge >= 0.3 is 0 Å². The zero-order valence-electron chi connectivity index (χ0n) is 10.8. The summed E-state index contributed by atoms with van der Waals surface area (Å²) < 4.78 is 1.76. The van der Waals surface area contributed by atoms with Gasteiger partial charge in [0.15, 0.2) is 5.82 Å². The van der Waals surface area contributed by atoms with Gasteiger partial charge in [0.1, 0.15) is 6.33 Å². The molecular formula is C15H12ClN3S. The fourth-order valence-corrected chi connectivity index (χ4v) is 2.60. The number of rotatable bonds is 3. The Morgan fingerprint density at radius 3 is 2.50 bits per heavy atom. The molecule has 1 heterocycles. The average molecular weight is 302 g/mol. The number of thioether (sulfide) groups is 1. The lowest BCUT2D eigenvalue weighted by atomic mass is 10.2. The molecule has 20 heavy (non-hydrogen) atoms. The molecule has 0 bridgehead atoms. The molecule has 3 nitrogen and oxygen atoms in total. The van der Waals surface area contributed by atoms with Crippen LogP contribution in [0.5, 0.6) is 0 Å². The molecule has 0 spiro atoms. The summed E-state index contributed by atoms with van der Waals surface area (Å²) in [4.78, 5) is 5.57. The van der Waals surface area contributed by atoms with Crippen molar-refractivity contribution >= 4 is 23.4 Å². The summed E-state index contributed by atoms with van der Waals surface area (Å²) in [6.07, 6.45) is 3.60. The van der Waals surface area contributed by atoms with E-state index in [-0.39, 0.29) is 0 Å². The molecule has 0 radical (unpaired) electrons. The topological polar surface area (TPSA) is 30.7 Å². The number of hydrogen-bond donors (Lipinski definition) is 0. The highest BCUT2D eigenvalue weighted by Crippen LogP contribution is 2.26. The van der Waals surface area contributed by atoms with Crippen LogP contribution in [0.3, 0.4) is 0 Å². The van der Waals surface area contributed by atoms with Crippen LogP contribution in [-0.2, 0) is 0 Å². The molecule has 0 aliphatic carbocycles. The number of para-hydroxylation sites is 1. The number of nitrogens with zero attached hydrogens (tertiary/aromatic N) is 3.